The van der Waals surface area contributed by atoms with E-state index < -0.39 is 34.3 Å². The number of nitrogens with zero attached hydrogens (tertiary/aromatic N) is 3. The SMILES string of the molecule is CC(C)(C)OC(=O)N1CCC2(CC1)CN(c1cc(C(F)(F)F)ccn1)C(=O)C2(C)C. The van der Waals surface area contributed by atoms with Crippen LogP contribution in [0.1, 0.15) is 53.0 Å². The van der Waals surface area contributed by atoms with E-state index in [2.05, 4.69) is 4.98 Å². The molecule has 0 unspecified atom stereocenters. The first-order chi connectivity index (χ1) is 13.7. The molecule has 3 rings (SSSR count). The average Bonchev–Trinajstić information content (AvgIpc) is 2.81. The fourth-order valence-electron chi connectivity index (χ4n) is 4.29. The third-order valence-electron chi connectivity index (χ3n) is 6.29. The first-order valence-corrected chi connectivity index (χ1v) is 9.99. The number of halogens is 3. The highest BCUT2D eigenvalue weighted by Crippen LogP contribution is 2.54. The van der Waals surface area contributed by atoms with E-state index in [9.17, 15) is 22.8 Å². The lowest BCUT2D eigenvalue weighted by molar-refractivity contribution is -0.137. The van der Waals surface area contributed by atoms with Crippen LogP contribution in [0.25, 0.3) is 0 Å². The Balaban J connectivity index is 1.80. The molecule has 30 heavy (non-hydrogen) atoms. The lowest BCUT2D eigenvalue weighted by Crippen LogP contribution is -2.50. The van der Waals surface area contributed by atoms with Crippen LogP contribution < -0.4 is 4.90 Å². The number of hydrogen-bond acceptors (Lipinski definition) is 4. The number of carbonyl (C=O) groups is 2. The van der Waals surface area contributed by atoms with Crippen LogP contribution in [0.15, 0.2) is 18.3 Å². The first-order valence-electron chi connectivity index (χ1n) is 9.99. The minimum absolute atomic E-state index is 0.00865. The minimum atomic E-state index is -4.51. The molecular weight excluding hydrogens is 399 g/mol. The zero-order chi connectivity index (χ0) is 22.5. The van der Waals surface area contributed by atoms with Crippen LogP contribution >= 0.6 is 0 Å². The quantitative estimate of drug-likeness (QED) is 0.663. The van der Waals surface area contributed by atoms with Gasteiger partial charge in [0.2, 0.25) is 5.91 Å². The maximum Gasteiger partial charge on any atom is 0.416 e. The zero-order valence-electron chi connectivity index (χ0n) is 18.0. The van der Waals surface area contributed by atoms with Crippen molar-refractivity contribution in [2.45, 2.75) is 59.2 Å². The number of amides is 2. The predicted molar refractivity (Wildman–Crippen MR) is 105 cm³/mol. The first kappa shape index (κ1) is 22.4. The number of likely N-dealkylation sites (tertiary alicyclic amines) is 1. The number of rotatable bonds is 1. The molecule has 0 atom stereocenters. The van der Waals surface area contributed by atoms with Gasteiger partial charge in [0.05, 0.1) is 11.0 Å². The Hall–Kier alpha value is -2.32. The van der Waals surface area contributed by atoms with E-state index in [0.29, 0.717) is 25.9 Å². The van der Waals surface area contributed by atoms with Crippen molar-refractivity contribution in [1.29, 1.82) is 0 Å². The Kier molecular flexibility index (Phi) is 5.31. The Morgan fingerprint density at radius 1 is 1.17 bits per heavy atom. The van der Waals surface area contributed by atoms with E-state index >= 15 is 0 Å². The van der Waals surface area contributed by atoms with Crippen molar-refractivity contribution in [2.24, 2.45) is 10.8 Å². The van der Waals surface area contributed by atoms with Gasteiger partial charge in [0, 0.05) is 31.2 Å². The molecule has 1 aromatic rings. The summed E-state index contributed by atoms with van der Waals surface area (Å²) < 4.78 is 44.8. The number of carbonyl (C=O) groups excluding carboxylic acids is 2. The van der Waals surface area contributed by atoms with Gasteiger partial charge in [-0.1, -0.05) is 13.8 Å². The van der Waals surface area contributed by atoms with Crippen LogP contribution in [-0.2, 0) is 15.7 Å². The van der Waals surface area contributed by atoms with Crippen LogP contribution in [0, 0.1) is 10.8 Å². The summed E-state index contributed by atoms with van der Waals surface area (Å²) in [7, 11) is 0. The van der Waals surface area contributed by atoms with E-state index in [1.165, 1.54) is 4.90 Å². The average molecular weight is 427 g/mol. The molecule has 9 heteroatoms. The van der Waals surface area contributed by atoms with Gasteiger partial charge in [0.15, 0.2) is 0 Å². The Bertz CT molecular complexity index is 838. The van der Waals surface area contributed by atoms with E-state index in [0.717, 1.165) is 18.3 Å². The molecule has 0 bridgehead atoms. The number of alkyl halides is 3. The third-order valence-corrected chi connectivity index (χ3v) is 6.29. The highest BCUT2D eigenvalue weighted by atomic mass is 19.4. The molecule has 0 radical (unpaired) electrons. The molecule has 2 amide bonds. The summed E-state index contributed by atoms with van der Waals surface area (Å²) in [6, 6.07) is 1.81. The van der Waals surface area contributed by atoms with Crippen molar-refractivity contribution < 1.29 is 27.5 Å². The number of hydrogen-bond donors (Lipinski definition) is 0. The molecule has 2 fully saturated rings. The molecule has 6 nitrogen and oxygen atoms in total. The summed E-state index contributed by atoms with van der Waals surface area (Å²) in [5.41, 5.74) is -2.68. The van der Waals surface area contributed by atoms with E-state index in [1.54, 1.807) is 25.7 Å². The Labute approximate surface area is 174 Å². The van der Waals surface area contributed by atoms with Gasteiger partial charge in [0.1, 0.15) is 11.4 Å². The van der Waals surface area contributed by atoms with E-state index in [4.69, 9.17) is 4.74 Å². The van der Waals surface area contributed by atoms with Gasteiger partial charge < -0.3 is 9.64 Å². The number of ether oxygens (including phenoxy) is 1. The normalized spacial score (nSPS) is 21.3. The second-order valence-electron chi connectivity index (χ2n) is 9.66. The lowest BCUT2D eigenvalue weighted by Gasteiger charge is -2.45. The van der Waals surface area contributed by atoms with E-state index in [1.807, 2.05) is 13.8 Å². The summed E-state index contributed by atoms with van der Waals surface area (Å²) in [6.45, 7) is 10.2. The summed E-state index contributed by atoms with van der Waals surface area (Å²) in [6.07, 6.45) is -2.71. The van der Waals surface area contributed by atoms with Crippen molar-refractivity contribution >= 4 is 17.8 Å². The summed E-state index contributed by atoms with van der Waals surface area (Å²) >= 11 is 0. The van der Waals surface area contributed by atoms with Gasteiger partial charge in [0.25, 0.3) is 0 Å². The van der Waals surface area contributed by atoms with Gasteiger partial charge in [-0.2, -0.15) is 13.2 Å². The van der Waals surface area contributed by atoms with Crippen LogP contribution in [0.2, 0.25) is 0 Å². The number of anilines is 1. The fraction of sp³-hybridized carbons (Fsp3) is 0.667. The number of piperidine rings is 1. The fourth-order valence-corrected chi connectivity index (χ4v) is 4.29. The summed E-state index contributed by atoms with van der Waals surface area (Å²) in [4.78, 5) is 32.6. The molecule has 166 valence electrons. The molecular formula is C21H28F3N3O3. The Morgan fingerprint density at radius 2 is 1.77 bits per heavy atom. The lowest BCUT2D eigenvalue weighted by atomic mass is 9.62. The molecule has 2 saturated heterocycles. The topological polar surface area (TPSA) is 62.7 Å². The van der Waals surface area contributed by atoms with Crippen molar-refractivity contribution in [3.8, 4) is 0 Å². The molecule has 0 aromatic carbocycles. The zero-order valence-corrected chi connectivity index (χ0v) is 18.0. The standard InChI is InChI=1S/C21H28F3N3O3/c1-18(2,3)30-17(29)26-10-7-20(8-11-26)13-27(16(28)19(20,4)5)15-12-14(6-9-25-15)21(22,23)24/h6,9,12H,7-8,10-11,13H2,1-5H3. The van der Waals surface area contributed by atoms with Gasteiger partial charge in [-0.05, 0) is 45.7 Å². The summed E-state index contributed by atoms with van der Waals surface area (Å²) in [5, 5.41) is 0. The van der Waals surface area contributed by atoms with Crippen molar-refractivity contribution in [3.63, 3.8) is 0 Å². The second-order valence-corrected chi connectivity index (χ2v) is 9.66. The highest BCUT2D eigenvalue weighted by Gasteiger charge is 2.59. The van der Waals surface area contributed by atoms with Gasteiger partial charge in [-0.15, -0.1) is 0 Å². The molecule has 2 aliphatic rings. The monoisotopic (exact) mass is 427 g/mol. The molecule has 3 heterocycles. The molecule has 1 spiro atoms. The Morgan fingerprint density at radius 3 is 2.30 bits per heavy atom. The highest BCUT2D eigenvalue weighted by molar-refractivity contribution is 6.00. The van der Waals surface area contributed by atoms with Gasteiger partial charge in [-0.3, -0.25) is 9.69 Å². The van der Waals surface area contributed by atoms with Crippen LogP contribution in [0.4, 0.5) is 23.8 Å². The van der Waals surface area contributed by atoms with Crippen molar-refractivity contribution in [1.82, 2.24) is 9.88 Å². The smallest absolute Gasteiger partial charge is 0.416 e. The van der Waals surface area contributed by atoms with Crippen LogP contribution in [0.5, 0.6) is 0 Å². The predicted octanol–water partition coefficient (Wildman–Crippen LogP) is 4.49. The minimum Gasteiger partial charge on any atom is -0.444 e. The maximum atomic E-state index is 13.2. The van der Waals surface area contributed by atoms with Crippen molar-refractivity contribution in [3.05, 3.63) is 23.9 Å². The molecule has 0 aliphatic carbocycles. The molecule has 0 N–H and O–H groups in total. The molecule has 2 aliphatic heterocycles. The van der Waals surface area contributed by atoms with Crippen LogP contribution in [0.3, 0.4) is 0 Å². The number of aromatic nitrogens is 1. The third kappa shape index (κ3) is 3.98. The second kappa shape index (κ2) is 7.13. The van der Waals surface area contributed by atoms with Gasteiger partial charge in [-0.25, -0.2) is 9.78 Å². The van der Waals surface area contributed by atoms with Crippen molar-refractivity contribution in [2.75, 3.05) is 24.5 Å². The van der Waals surface area contributed by atoms with E-state index in [-0.39, 0.29) is 18.3 Å². The van der Waals surface area contributed by atoms with Crippen LogP contribution in [-0.4, -0.2) is 47.1 Å². The molecule has 1 aromatic heterocycles. The van der Waals surface area contributed by atoms with Gasteiger partial charge >= 0.3 is 12.3 Å². The maximum absolute atomic E-state index is 13.2. The largest absolute Gasteiger partial charge is 0.444 e. The summed E-state index contributed by atoms with van der Waals surface area (Å²) in [5.74, 6) is -0.241. The molecule has 0 saturated carbocycles. The number of pyridine rings is 1.